The summed E-state index contributed by atoms with van der Waals surface area (Å²) in [5.74, 6) is 0.315. The molecule has 112 valence electrons. The maximum absolute atomic E-state index is 12.4. The molecular weight excluding hydrogens is 378 g/mol. The lowest BCUT2D eigenvalue weighted by Gasteiger charge is -2.12. The lowest BCUT2D eigenvalue weighted by Crippen LogP contribution is -2.16. The molecule has 0 aliphatic heterocycles. The number of hydrogen-bond acceptors (Lipinski definition) is 4. The summed E-state index contributed by atoms with van der Waals surface area (Å²) in [6, 6.07) is 7.90. The zero-order valence-corrected chi connectivity index (χ0v) is 14.3. The predicted octanol–water partition coefficient (Wildman–Crippen LogP) is 3.73. The molecule has 1 aromatic heterocycles. The molecule has 0 aliphatic rings. The number of nitrogens with zero attached hydrogens (tertiary/aromatic N) is 1. The van der Waals surface area contributed by atoms with Crippen LogP contribution in [0.3, 0.4) is 0 Å². The number of halogens is 2. The van der Waals surface area contributed by atoms with Gasteiger partial charge in [0.2, 0.25) is 0 Å². The van der Waals surface area contributed by atoms with E-state index in [0.29, 0.717) is 27.5 Å². The second kappa shape index (κ2) is 6.64. The van der Waals surface area contributed by atoms with E-state index in [9.17, 15) is 8.42 Å². The Morgan fingerprint density at radius 1 is 1.33 bits per heavy atom. The summed E-state index contributed by atoms with van der Waals surface area (Å²) < 4.78 is 28.1. The lowest BCUT2D eigenvalue weighted by molar-refractivity contribution is 0.601. The van der Waals surface area contributed by atoms with Crippen LogP contribution in [0.5, 0.6) is 0 Å². The number of aromatic nitrogens is 1. The van der Waals surface area contributed by atoms with E-state index >= 15 is 0 Å². The number of nitrogens with one attached hydrogen (secondary N) is 2. The molecule has 0 spiro atoms. The van der Waals surface area contributed by atoms with Gasteiger partial charge in [-0.05, 0) is 53.2 Å². The Kier molecular flexibility index (Phi) is 5.08. The molecule has 1 heterocycles. The SMILES string of the molecule is CCNc1ncccc1S(=O)(=O)Nc1ccc(Br)c(Cl)c1. The summed E-state index contributed by atoms with van der Waals surface area (Å²) >= 11 is 9.22. The topological polar surface area (TPSA) is 71.1 Å². The summed E-state index contributed by atoms with van der Waals surface area (Å²) in [6.07, 6.45) is 1.54. The molecule has 0 unspecified atom stereocenters. The number of anilines is 2. The Morgan fingerprint density at radius 2 is 2.10 bits per heavy atom. The zero-order chi connectivity index (χ0) is 15.5. The minimum Gasteiger partial charge on any atom is -0.369 e. The van der Waals surface area contributed by atoms with Crippen LogP contribution < -0.4 is 10.0 Å². The smallest absolute Gasteiger partial charge is 0.265 e. The maximum Gasteiger partial charge on any atom is 0.265 e. The molecule has 21 heavy (non-hydrogen) atoms. The van der Waals surface area contributed by atoms with E-state index in [-0.39, 0.29) is 4.90 Å². The molecule has 0 aliphatic carbocycles. The van der Waals surface area contributed by atoms with Crippen LogP contribution in [0.1, 0.15) is 6.92 Å². The van der Waals surface area contributed by atoms with E-state index in [1.807, 2.05) is 6.92 Å². The molecule has 8 heteroatoms. The molecule has 0 bridgehead atoms. The minimum absolute atomic E-state index is 0.0888. The molecule has 0 fully saturated rings. The van der Waals surface area contributed by atoms with Gasteiger partial charge < -0.3 is 5.32 Å². The average Bonchev–Trinajstić information content (AvgIpc) is 2.43. The monoisotopic (exact) mass is 389 g/mol. The van der Waals surface area contributed by atoms with Crippen molar-refractivity contribution in [2.45, 2.75) is 11.8 Å². The molecule has 2 aromatic rings. The summed E-state index contributed by atoms with van der Waals surface area (Å²) in [5.41, 5.74) is 0.384. The highest BCUT2D eigenvalue weighted by molar-refractivity contribution is 9.10. The largest absolute Gasteiger partial charge is 0.369 e. The van der Waals surface area contributed by atoms with Crippen molar-refractivity contribution in [3.63, 3.8) is 0 Å². The third-order valence-electron chi connectivity index (χ3n) is 2.58. The molecule has 0 radical (unpaired) electrons. The summed E-state index contributed by atoms with van der Waals surface area (Å²) in [6.45, 7) is 2.44. The van der Waals surface area contributed by atoms with Crippen molar-refractivity contribution in [1.82, 2.24) is 4.98 Å². The quantitative estimate of drug-likeness (QED) is 0.816. The second-order valence-electron chi connectivity index (χ2n) is 4.11. The molecule has 0 saturated carbocycles. The van der Waals surface area contributed by atoms with Gasteiger partial charge in [0.25, 0.3) is 10.0 Å². The van der Waals surface area contributed by atoms with Crippen LogP contribution >= 0.6 is 27.5 Å². The molecular formula is C13H13BrClN3O2S. The van der Waals surface area contributed by atoms with Crippen LogP contribution in [0.2, 0.25) is 5.02 Å². The summed E-state index contributed by atoms with van der Waals surface area (Å²) in [7, 11) is -3.74. The van der Waals surface area contributed by atoms with Crippen LogP contribution in [0.15, 0.2) is 45.9 Å². The first-order valence-corrected chi connectivity index (χ1v) is 8.76. The van der Waals surface area contributed by atoms with Crippen molar-refractivity contribution in [2.24, 2.45) is 0 Å². The highest BCUT2D eigenvalue weighted by Crippen LogP contribution is 2.27. The Balaban J connectivity index is 2.36. The standard InChI is InChI=1S/C13H13BrClN3O2S/c1-2-16-13-12(4-3-7-17-13)21(19,20)18-9-5-6-10(14)11(15)8-9/h3-8,18H,2H2,1H3,(H,16,17). The first-order valence-electron chi connectivity index (χ1n) is 6.11. The highest BCUT2D eigenvalue weighted by Gasteiger charge is 2.19. The van der Waals surface area contributed by atoms with Gasteiger partial charge >= 0.3 is 0 Å². The van der Waals surface area contributed by atoms with Gasteiger partial charge in [-0.15, -0.1) is 0 Å². The molecule has 0 atom stereocenters. The van der Waals surface area contributed by atoms with E-state index < -0.39 is 10.0 Å². The van der Waals surface area contributed by atoms with E-state index in [1.54, 1.807) is 18.2 Å². The van der Waals surface area contributed by atoms with E-state index in [0.717, 1.165) is 0 Å². The van der Waals surface area contributed by atoms with Gasteiger partial charge in [-0.2, -0.15) is 0 Å². The van der Waals surface area contributed by atoms with Gasteiger partial charge in [0.1, 0.15) is 10.7 Å². The number of sulfonamides is 1. The van der Waals surface area contributed by atoms with Crippen LogP contribution in [0.25, 0.3) is 0 Å². The fourth-order valence-electron chi connectivity index (χ4n) is 1.68. The molecule has 0 amide bonds. The summed E-state index contributed by atoms with van der Waals surface area (Å²) in [5, 5.41) is 3.35. The first kappa shape index (κ1) is 16.1. The van der Waals surface area contributed by atoms with Crippen molar-refractivity contribution in [3.8, 4) is 0 Å². The number of pyridine rings is 1. The molecule has 1 aromatic carbocycles. The highest BCUT2D eigenvalue weighted by atomic mass is 79.9. The van der Waals surface area contributed by atoms with Crippen molar-refractivity contribution < 1.29 is 8.42 Å². The van der Waals surface area contributed by atoms with E-state index in [1.165, 1.54) is 18.3 Å². The van der Waals surface area contributed by atoms with E-state index in [4.69, 9.17) is 11.6 Å². The van der Waals surface area contributed by atoms with Crippen molar-refractivity contribution in [1.29, 1.82) is 0 Å². The number of benzene rings is 1. The Hall–Kier alpha value is -1.31. The van der Waals surface area contributed by atoms with Gasteiger partial charge in [-0.1, -0.05) is 11.6 Å². The summed E-state index contributed by atoms with van der Waals surface area (Å²) in [4.78, 5) is 4.13. The fraction of sp³-hybridized carbons (Fsp3) is 0.154. The molecule has 0 saturated heterocycles. The third-order valence-corrected chi connectivity index (χ3v) is 5.22. The normalized spacial score (nSPS) is 11.2. The molecule has 5 nitrogen and oxygen atoms in total. The van der Waals surface area contributed by atoms with Crippen LogP contribution in [-0.2, 0) is 10.0 Å². The van der Waals surface area contributed by atoms with Gasteiger partial charge in [-0.3, -0.25) is 4.72 Å². The zero-order valence-electron chi connectivity index (χ0n) is 11.1. The molecule has 2 rings (SSSR count). The van der Waals surface area contributed by atoms with Gasteiger partial charge in [0.15, 0.2) is 0 Å². The number of rotatable bonds is 5. The van der Waals surface area contributed by atoms with Gasteiger partial charge in [0, 0.05) is 17.2 Å². The number of hydrogen-bond donors (Lipinski definition) is 2. The van der Waals surface area contributed by atoms with E-state index in [2.05, 4.69) is 31.0 Å². The second-order valence-corrected chi connectivity index (χ2v) is 7.03. The van der Waals surface area contributed by atoms with Crippen molar-refractivity contribution in [3.05, 3.63) is 46.0 Å². The Bertz CT molecular complexity index is 753. The lowest BCUT2D eigenvalue weighted by atomic mass is 10.3. The maximum atomic E-state index is 12.4. The minimum atomic E-state index is -3.74. The van der Waals surface area contributed by atoms with Crippen LogP contribution in [0, 0.1) is 0 Å². The third kappa shape index (κ3) is 3.87. The fourth-order valence-corrected chi connectivity index (χ4v) is 3.29. The molecule has 2 N–H and O–H groups in total. The Labute approximate surface area is 136 Å². The van der Waals surface area contributed by atoms with Crippen molar-refractivity contribution in [2.75, 3.05) is 16.6 Å². The predicted molar refractivity (Wildman–Crippen MR) is 88.4 cm³/mol. The Morgan fingerprint density at radius 3 is 2.76 bits per heavy atom. The van der Waals surface area contributed by atoms with Crippen molar-refractivity contribution >= 4 is 49.1 Å². The van der Waals surface area contributed by atoms with Gasteiger partial charge in [-0.25, -0.2) is 13.4 Å². The van der Waals surface area contributed by atoms with Gasteiger partial charge in [0.05, 0.1) is 10.7 Å². The average molecular weight is 391 g/mol. The first-order chi connectivity index (χ1) is 9.94. The van der Waals surface area contributed by atoms with Crippen LogP contribution in [0.4, 0.5) is 11.5 Å². The van der Waals surface area contributed by atoms with Crippen LogP contribution in [-0.4, -0.2) is 19.9 Å².